The second-order valence-corrected chi connectivity index (χ2v) is 3.81. The van der Waals surface area contributed by atoms with Gasteiger partial charge in [-0.15, -0.1) is 13.2 Å². The number of halogens is 4. The molecule has 1 rings (SSSR count). The molecule has 90 valence electrons. The van der Waals surface area contributed by atoms with Crippen LogP contribution in [0.5, 0.6) is 5.75 Å². The number of nitriles is 1. The summed E-state index contributed by atoms with van der Waals surface area (Å²) in [6, 6.07) is 3.76. The SMILES string of the molecule is CC(=O)c1ccc(OC(F)(F)F)c(Br)c1C#N. The van der Waals surface area contributed by atoms with Gasteiger partial charge in [-0.2, -0.15) is 5.26 Å². The summed E-state index contributed by atoms with van der Waals surface area (Å²) in [6.45, 7) is 1.22. The molecule has 0 N–H and O–H groups in total. The van der Waals surface area contributed by atoms with Gasteiger partial charge in [-0.3, -0.25) is 4.79 Å². The molecule has 0 aliphatic rings. The van der Waals surface area contributed by atoms with Crippen molar-refractivity contribution >= 4 is 21.7 Å². The fraction of sp³-hybridized carbons (Fsp3) is 0.200. The van der Waals surface area contributed by atoms with E-state index in [1.165, 1.54) is 6.92 Å². The number of ether oxygens (including phenoxy) is 1. The van der Waals surface area contributed by atoms with E-state index in [-0.39, 0.29) is 15.6 Å². The highest BCUT2D eigenvalue weighted by Gasteiger charge is 2.32. The molecule has 0 spiro atoms. The minimum atomic E-state index is -4.85. The molecule has 0 aromatic heterocycles. The van der Waals surface area contributed by atoms with Crippen LogP contribution in [-0.4, -0.2) is 12.1 Å². The number of rotatable bonds is 2. The van der Waals surface area contributed by atoms with Crippen molar-refractivity contribution in [3.8, 4) is 11.8 Å². The van der Waals surface area contributed by atoms with Crippen LogP contribution in [0.1, 0.15) is 22.8 Å². The van der Waals surface area contributed by atoms with E-state index in [1.807, 2.05) is 0 Å². The molecule has 17 heavy (non-hydrogen) atoms. The molecule has 1 aromatic rings. The second kappa shape index (κ2) is 4.75. The highest BCUT2D eigenvalue weighted by atomic mass is 79.9. The molecule has 0 aliphatic heterocycles. The number of nitrogens with zero attached hydrogens (tertiary/aromatic N) is 1. The predicted molar refractivity (Wildman–Crippen MR) is 55.5 cm³/mol. The second-order valence-electron chi connectivity index (χ2n) is 3.02. The molecule has 0 heterocycles. The van der Waals surface area contributed by atoms with E-state index in [0.717, 1.165) is 12.1 Å². The fourth-order valence-corrected chi connectivity index (χ4v) is 1.68. The Labute approximate surface area is 103 Å². The van der Waals surface area contributed by atoms with Crippen molar-refractivity contribution in [3.05, 3.63) is 27.7 Å². The lowest BCUT2D eigenvalue weighted by atomic mass is 10.1. The molecule has 0 fully saturated rings. The van der Waals surface area contributed by atoms with Gasteiger partial charge in [0, 0.05) is 5.56 Å². The number of Topliss-reactive ketones (excluding diaryl/α,β-unsaturated/α-hetero) is 1. The van der Waals surface area contributed by atoms with E-state index in [1.54, 1.807) is 6.07 Å². The average Bonchev–Trinajstić information content (AvgIpc) is 2.18. The first kappa shape index (κ1) is 13.5. The van der Waals surface area contributed by atoms with Crippen LogP contribution in [0.3, 0.4) is 0 Å². The van der Waals surface area contributed by atoms with Gasteiger partial charge in [-0.25, -0.2) is 0 Å². The number of benzene rings is 1. The predicted octanol–water partition coefficient (Wildman–Crippen LogP) is 3.42. The molecule has 0 amide bonds. The molecule has 0 saturated heterocycles. The molecule has 0 saturated carbocycles. The number of carbonyl (C=O) groups excluding carboxylic acids is 1. The molecule has 3 nitrogen and oxygen atoms in total. The van der Waals surface area contributed by atoms with Gasteiger partial charge in [-0.1, -0.05) is 0 Å². The van der Waals surface area contributed by atoms with Gasteiger partial charge in [-0.05, 0) is 35.0 Å². The summed E-state index contributed by atoms with van der Waals surface area (Å²) in [5, 5.41) is 8.80. The van der Waals surface area contributed by atoms with Crippen LogP contribution in [0.2, 0.25) is 0 Å². The van der Waals surface area contributed by atoms with Gasteiger partial charge in [0.1, 0.15) is 11.8 Å². The average molecular weight is 308 g/mol. The van der Waals surface area contributed by atoms with Crippen LogP contribution in [-0.2, 0) is 0 Å². The van der Waals surface area contributed by atoms with E-state index in [2.05, 4.69) is 20.7 Å². The normalized spacial score (nSPS) is 10.8. The Morgan fingerprint density at radius 1 is 1.47 bits per heavy atom. The summed E-state index contributed by atoms with van der Waals surface area (Å²) in [5.41, 5.74) is -0.145. The van der Waals surface area contributed by atoms with Gasteiger partial charge in [0.2, 0.25) is 0 Å². The van der Waals surface area contributed by atoms with E-state index < -0.39 is 17.9 Å². The van der Waals surface area contributed by atoms with E-state index >= 15 is 0 Å². The molecular formula is C10H5BrF3NO2. The topological polar surface area (TPSA) is 50.1 Å². The quantitative estimate of drug-likeness (QED) is 0.787. The number of ketones is 1. The molecule has 1 aromatic carbocycles. The maximum absolute atomic E-state index is 12.0. The zero-order valence-corrected chi connectivity index (χ0v) is 10.0. The smallest absolute Gasteiger partial charge is 0.405 e. The lowest BCUT2D eigenvalue weighted by Gasteiger charge is -2.12. The van der Waals surface area contributed by atoms with Crippen molar-refractivity contribution < 1.29 is 22.7 Å². The Morgan fingerprint density at radius 3 is 2.47 bits per heavy atom. The summed E-state index contributed by atoms with van der Waals surface area (Å²) in [6.07, 6.45) is -4.85. The highest BCUT2D eigenvalue weighted by Crippen LogP contribution is 2.34. The van der Waals surface area contributed by atoms with E-state index in [9.17, 15) is 18.0 Å². The maximum Gasteiger partial charge on any atom is 0.573 e. The molecule has 0 radical (unpaired) electrons. The first-order valence-corrected chi connectivity index (χ1v) is 5.05. The number of alkyl halides is 3. The van der Waals surface area contributed by atoms with Crippen LogP contribution in [0.4, 0.5) is 13.2 Å². The Balaban J connectivity index is 3.32. The third-order valence-electron chi connectivity index (χ3n) is 1.82. The lowest BCUT2D eigenvalue weighted by Crippen LogP contribution is -2.18. The summed E-state index contributed by atoms with van der Waals surface area (Å²) < 4.78 is 39.6. The summed E-state index contributed by atoms with van der Waals surface area (Å²) >= 11 is 2.81. The molecule has 0 aliphatic carbocycles. The first-order chi connectivity index (χ1) is 7.76. The number of carbonyl (C=O) groups is 1. The van der Waals surface area contributed by atoms with Gasteiger partial charge < -0.3 is 4.74 Å². The van der Waals surface area contributed by atoms with Crippen molar-refractivity contribution in [2.45, 2.75) is 13.3 Å². The monoisotopic (exact) mass is 307 g/mol. The largest absolute Gasteiger partial charge is 0.573 e. The maximum atomic E-state index is 12.0. The van der Waals surface area contributed by atoms with Gasteiger partial charge in [0.05, 0.1) is 10.0 Å². The Hall–Kier alpha value is -1.55. The van der Waals surface area contributed by atoms with Crippen LogP contribution < -0.4 is 4.74 Å². The molecule has 7 heteroatoms. The standard InChI is InChI=1S/C10H5BrF3NO2/c1-5(16)6-2-3-8(17-10(12,13)14)9(11)7(6)4-15/h2-3H,1H3. The summed E-state index contributed by atoms with van der Waals surface area (Å²) in [7, 11) is 0. The Kier molecular flexibility index (Phi) is 3.78. The van der Waals surface area contributed by atoms with Crippen molar-refractivity contribution in [3.63, 3.8) is 0 Å². The Bertz CT molecular complexity index is 505. The van der Waals surface area contributed by atoms with Crippen LogP contribution in [0, 0.1) is 11.3 Å². The van der Waals surface area contributed by atoms with Crippen molar-refractivity contribution in [2.75, 3.05) is 0 Å². The van der Waals surface area contributed by atoms with Crippen molar-refractivity contribution in [1.29, 1.82) is 5.26 Å². The van der Waals surface area contributed by atoms with E-state index in [0.29, 0.717) is 0 Å². The fourth-order valence-electron chi connectivity index (χ4n) is 1.16. The lowest BCUT2D eigenvalue weighted by molar-refractivity contribution is -0.274. The molecule has 0 unspecified atom stereocenters. The molecular weight excluding hydrogens is 303 g/mol. The minimum absolute atomic E-state index is 0.0360. The van der Waals surface area contributed by atoms with E-state index in [4.69, 9.17) is 5.26 Å². The third-order valence-corrected chi connectivity index (χ3v) is 2.61. The minimum Gasteiger partial charge on any atom is -0.405 e. The van der Waals surface area contributed by atoms with Crippen molar-refractivity contribution in [2.24, 2.45) is 0 Å². The van der Waals surface area contributed by atoms with Gasteiger partial charge in [0.15, 0.2) is 5.78 Å². The first-order valence-electron chi connectivity index (χ1n) is 4.25. The number of hydrogen-bond acceptors (Lipinski definition) is 3. The van der Waals surface area contributed by atoms with Crippen LogP contribution in [0.15, 0.2) is 16.6 Å². The number of hydrogen-bond donors (Lipinski definition) is 0. The zero-order valence-electron chi connectivity index (χ0n) is 8.43. The molecule has 0 bridgehead atoms. The zero-order chi connectivity index (χ0) is 13.2. The highest BCUT2D eigenvalue weighted by molar-refractivity contribution is 9.10. The Morgan fingerprint density at radius 2 is 2.06 bits per heavy atom. The third kappa shape index (κ3) is 3.20. The summed E-state index contributed by atoms with van der Waals surface area (Å²) in [4.78, 5) is 11.1. The van der Waals surface area contributed by atoms with Gasteiger partial charge in [0.25, 0.3) is 0 Å². The van der Waals surface area contributed by atoms with Crippen LogP contribution >= 0.6 is 15.9 Å². The van der Waals surface area contributed by atoms with Crippen LogP contribution in [0.25, 0.3) is 0 Å². The molecule has 0 atom stereocenters. The van der Waals surface area contributed by atoms with Gasteiger partial charge >= 0.3 is 6.36 Å². The summed E-state index contributed by atoms with van der Waals surface area (Å²) in [5.74, 6) is -0.972. The van der Waals surface area contributed by atoms with Crippen molar-refractivity contribution in [1.82, 2.24) is 0 Å².